The van der Waals surface area contributed by atoms with E-state index < -0.39 is 16.1 Å². The van der Waals surface area contributed by atoms with Gasteiger partial charge in [0.15, 0.2) is 0 Å². The first-order valence-electron chi connectivity index (χ1n) is 5.60. The molecule has 0 aliphatic rings. The third-order valence-electron chi connectivity index (χ3n) is 2.64. The number of rotatable bonds is 6. The summed E-state index contributed by atoms with van der Waals surface area (Å²) >= 11 is 0. The topological polar surface area (TPSA) is 91.7 Å². The van der Waals surface area contributed by atoms with Crippen molar-refractivity contribution >= 4 is 16.1 Å². The van der Waals surface area contributed by atoms with Gasteiger partial charge in [0.1, 0.15) is 0 Å². The molecule has 1 rings (SSSR count). The smallest absolute Gasteiger partial charge is 0.303 e. The van der Waals surface area contributed by atoms with Crippen molar-refractivity contribution in [3.05, 3.63) is 29.3 Å². The molecular formula is C12H16O5S. The summed E-state index contributed by atoms with van der Waals surface area (Å²) in [6, 6.07) is 4.97. The van der Waals surface area contributed by atoms with Crippen molar-refractivity contribution in [1.29, 1.82) is 0 Å². The Morgan fingerprint density at radius 2 is 1.94 bits per heavy atom. The zero-order chi connectivity index (χ0) is 13.8. The molecule has 6 heteroatoms. The number of aliphatic carboxylic acids is 1. The molecule has 100 valence electrons. The zero-order valence-electron chi connectivity index (χ0n) is 10.1. The van der Waals surface area contributed by atoms with E-state index in [0.717, 1.165) is 0 Å². The van der Waals surface area contributed by atoms with Gasteiger partial charge in [0.05, 0.1) is 4.90 Å². The lowest BCUT2D eigenvalue weighted by atomic mass is 10.0. The lowest BCUT2D eigenvalue weighted by Gasteiger charge is -2.09. The number of hydrogen-bond acceptors (Lipinski definition) is 3. The summed E-state index contributed by atoms with van der Waals surface area (Å²) in [6.45, 7) is 1.61. The van der Waals surface area contributed by atoms with E-state index in [0.29, 0.717) is 30.4 Å². The van der Waals surface area contributed by atoms with E-state index in [-0.39, 0.29) is 11.3 Å². The van der Waals surface area contributed by atoms with Crippen LogP contribution in [-0.2, 0) is 21.3 Å². The SMILES string of the molecule is Cc1cccc(CCCCC(=O)O)c1S(=O)(=O)O. The van der Waals surface area contributed by atoms with Crippen LogP contribution in [0.4, 0.5) is 0 Å². The summed E-state index contributed by atoms with van der Waals surface area (Å²) < 4.78 is 31.7. The first kappa shape index (κ1) is 14.7. The summed E-state index contributed by atoms with van der Waals surface area (Å²) in [5.41, 5.74) is 1.02. The van der Waals surface area contributed by atoms with Gasteiger partial charge < -0.3 is 5.11 Å². The van der Waals surface area contributed by atoms with E-state index in [1.165, 1.54) is 0 Å². The van der Waals surface area contributed by atoms with Crippen molar-refractivity contribution < 1.29 is 22.9 Å². The molecule has 1 aromatic carbocycles. The molecule has 0 aromatic heterocycles. The van der Waals surface area contributed by atoms with Crippen LogP contribution < -0.4 is 0 Å². The quantitative estimate of drug-likeness (QED) is 0.610. The molecule has 0 aliphatic heterocycles. The van der Waals surface area contributed by atoms with Crippen molar-refractivity contribution in [1.82, 2.24) is 0 Å². The van der Waals surface area contributed by atoms with Crippen LogP contribution in [0.3, 0.4) is 0 Å². The lowest BCUT2D eigenvalue weighted by Crippen LogP contribution is -2.06. The van der Waals surface area contributed by atoms with E-state index in [1.54, 1.807) is 25.1 Å². The molecule has 0 spiro atoms. The third-order valence-corrected chi connectivity index (χ3v) is 3.74. The Morgan fingerprint density at radius 3 is 2.50 bits per heavy atom. The van der Waals surface area contributed by atoms with Gasteiger partial charge in [-0.2, -0.15) is 8.42 Å². The second-order valence-electron chi connectivity index (χ2n) is 4.14. The van der Waals surface area contributed by atoms with Crippen LogP contribution in [0.5, 0.6) is 0 Å². The van der Waals surface area contributed by atoms with Gasteiger partial charge in [-0.25, -0.2) is 0 Å². The third kappa shape index (κ3) is 4.12. The van der Waals surface area contributed by atoms with E-state index in [4.69, 9.17) is 5.11 Å². The van der Waals surface area contributed by atoms with Crippen molar-refractivity contribution in [2.75, 3.05) is 0 Å². The number of benzene rings is 1. The van der Waals surface area contributed by atoms with Gasteiger partial charge in [-0.05, 0) is 37.3 Å². The van der Waals surface area contributed by atoms with Gasteiger partial charge >= 0.3 is 5.97 Å². The summed E-state index contributed by atoms with van der Waals surface area (Å²) in [7, 11) is -4.23. The van der Waals surface area contributed by atoms with Crippen molar-refractivity contribution in [2.45, 2.75) is 37.5 Å². The Labute approximate surface area is 106 Å². The van der Waals surface area contributed by atoms with Gasteiger partial charge in [-0.3, -0.25) is 9.35 Å². The van der Waals surface area contributed by atoms with Crippen molar-refractivity contribution in [3.63, 3.8) is 0 Å². The summed E-state index contributed by atoms with van der Waals surface area (Å²) in [5.74, 6) is -0.866. The fraction of sp³-hybridized carbons (Fsp3) is 0.417. The number of carbonyl (C=O) groups is 1. The molecule has 0 saturated carbocycles. The normalized spacial score (nSPS) is 11.4. The average Bonchev–Trinajstić information content (AvgIpc) is 2.22. The van der Waals surface area contributed by atoms with E-state index in [9.17, 15) is 17.8 Å². The summed E-state index contributed by atoms with van der Waals surface area (Å²) in [4.78, 5) is 10.3. The minimum absolute atomic E-state index is 0.0553. The highest BCUT2D eigenvalue weighted by Crippen LogP contribution is 2.21. The second-order valence-corrected chi connectivity index (χ2v) is 5.50. The van der Waals surface area contributed by atoms with Gasteiger partial charge in [0.2, 0.25) is 0 Å². The molecule has 0 atom stereocenters. The number of unbranched alkanes of at least 4 members (excludes halogenated alkanes) is 1. The fourth-order valence-electron chi connectivity index (χ4n) is 1.87. The molecule has 18 heavy (non-hydrogen) atoms. The van der Waals surface area contributed by atoms with Crippen LogP contribution in [0.25, 0.3) is 0 Å². The van der Waals surface area contributed by atoms with Crippen molar-refractivity contribution in [2.24, 2.45) is 0 Å². The Hall–Kier alpha value is -1.40. The minimum Gasteiger partial charge on any atom is -0.481 e. The predicted octanol–water partition coefficient (Wildman–Crippen LogP) is 2.04. The maximum absolute atomic E-state index is 11.3. The minimum atomic E-state index is -4.23. The lowest BCUT2D eigenvalue weighted by molar-refractivity contribution is -0.137. The second kappa shape index (κ2) is 5.97. The highest BCUT2D eigenvalue weighted by atomic mass is 32.2. The van der Waals surface area contributed by atoms with Crippen LogP contribution in [0.15, 0.2) is 23.1 Å². The highest BCUT2D eigenvalue weighted by Gasteiger charge is 2.17. The maximum atomic E-state index is 11.3. The van der Waals surface area contributed by atoms with Gasteiger partial charge in [-0.1, -0.05) is 18.2 Å². The first-order chi connectivity index (χ1) is 8.32. The predicted molar refractivity (Wildman–Crippen MR) is 66.2 cm³/mol. The van der Waals surface area contributed by atoms with Gasteiger partial charge in [0, 0.05) is 6.42 Å². The largest absolute Gasteiger partial charge is 0.481 e. The van der Waals surface area contributed by atoms with Crippen LogP contribution in [0.2, 0.25) is 0 Å². The Kier molecular flexibility index (Phi) is 4.86. The molecule has 5 nitrogen and oxygen atoms in total. The standard InChI is InChI=1S/C12H16O5S/c1-9-5-4-7-10(12(9)18(15,16)17)6-2-3-8-11(13)14/h4-5,7H,2-3,6,8H2,1H3,(H,13,14)(H,15,16,17). The molecule has 0 radical (unpaired) electrons. The summed E-state index contributed by atoms with van der Waals surface area (Å²) in [5, 5.41) is 8.50. The number of carboxylic acids is 1. The van der Waals surface area contributed by atoms with E-state index >= 15 is 0 Å². The van der Waals surface area contributed by atoms with Crippen LogP contribution in [0, 0.1) is 6.92 Å². The zero-order valence-corrected chi connectivity index (χ0v) is 10.9. The summed E-state index contributed by atoms with van der Waals surface area (Å²) in [6.07, 6.45) is 1.55. The van der Waals surface area contributed by atoms with E-state index in [2.05, 4.69) is 0 Å². The number of carboxylic acid groups (broad SMARTS) is 1. The Balaban J connectivity index is 2.83. The molecule has 0 bridgehead atoms. The van der Waals surface area contributed by atoms with Crippen LogP contribution in [0.1, 0.15) is 30.4 Å². The number of aryl methyl sites for hydroxylation is 2. The molecule has 2 N–H and O–H groups in total. The molecule has 0 heterocycles. The molecule has 0 aliphatic carbocycles. The molecule has 0 unspecified atom stereocenters. The van der Waals surface area contributed by atoms with Crippen LogP contribution in [-0.4, -0.2) is 24.0 Å². The molecule has 0 saturated heterocycles. The van der Waals surface area contributed by atoms with E-state index in [1.807, 2.05) is 0 Å². The Morgan fingerprint density at radius 1 is 1.28 bits per heavy atom. The molecule has 0 amide bonds. The Bertz CT molecular complexity index is 533. The molecule has 0 fully saturated rings. The van der Waals surface area contributed by atoms with Crippen molar-refractivity contribution in [3.8, 4) is 0 Å². The van der Waals surface area contributed by atoms with Gasteiger partial charge in [-0.15, -0.1) is 0 Å². The number of hydrogen-bond donors (Lipinski definition) is 2. The van der Waals surface area contributed by atoms with Gasteiger partial charge in [0.25, 0.3) is 10.1 Å². The average molecular weight is 272 g/mol. The monoisotopic (exact) mass is 272 g/mol. The highest BCUT2D eigenvalue weighted by molar-refractivity contribution is 7.86. The first-order valence-corrected chi connectivity index (χ1v) is 7.04. The van der Waals surface area contributed by atoms with Crippen LogP contribution >= 0.6 is 0 Å². The molecule has 1 aromatic rings. The maximum Gasteiger partial charge on any atom is 0.303 e. The molecular weight excluding hydrogens is 256 g/mol. The fourth-order valence-corrected chi connectivity index (χ4v) is 2.85.